The molecule has 0 fully saturated rings. The fourth-order valence-corrected chi connectivity index (χ4v) is 2.19. The van der Waals surface area contributed by atoms with Crippen molar-refractivity contribution in [3.8, 4) is 0 Å². The number of non-ortho nitro benzene ring substituents is 1. The van der Waals surface area contributed by atoms with Crippen LogP contribution in [0.5, 0.6) is 0 Å². The summed E-state index contributed by atoms with van der Waals surface area (Å²) in [6.45, 7) is -0.686. The van der Waals surface area contributed by atoms with Crippen molar-refractivity contribution in [1.82, 2.24) is 4.90 Å². The Balaban J connectivity index is 3.07. The minimum atomic E-state index is -2.69. The van der Waals surface area contributed by atoms with Crippen LogP contribution in [0, 0.1) is 10.1 Å². The summed E-state index contributed by atoms with van der Waals surface area (Å²) in [5.74, 6) is -0.727. The molecule has 1 aromatic carbocycles. The quantitative estimate of drug-likeness (QED) is 0.438. The fourth-order valence-electron chi connectivity index (χ4n) is 1.53. The summed E-state index contributed by atoms with van der Waals surface area (Å²) in [7, 11) is 0. The van der Waals surface area contributed by atoms with Gasteiger partial charge in [-0.3, -0.25) is 14.9 Å². The van der Waals surface area contributed by atoms with Crippen LogP contribution in [0.2, 0.25) is 5.02 Å². The van der Waals surface area contributed by atoms with Crippen LogP contribution in [0.1, 0.15) is 10.4 Å². The average Bonchev–Trinajstić information content (AvgIpc) is 2.36. The van der Waals surface area contributed by atoms with E-state index in [2.05, 4.69) is 15.9 Å². The van der Waals surface area contributed by atoms with Gasteiger partial charge in [0.1, 0.15) is 0 Å². The fraction of sp³-hybridized carbons (Fsp3) is 0.364. The summed E-state index contributed by atoms with van der Waals surface area (Å²) in [6.07, 6.45) is -2.69. The molecule has 1 rings (SSSR count). The highest BCUT2D eigenvalue weighted by Crippen LogP contribution is 2.22. The van der Waals surface area contributed by atoms with Crippen molar-refractivity contribution in [2.75, 3.05) is 18.4 Å². The highest BCUT2D eigenvalue weighted by Gasteiger charge is 2.21. The van der Waals surface area contributed by atoms with Gasteiger partial charge < -0.3 is 4.90 Å². The molecular formula is C11H10BrClF2N2O3. The Morgan fingerprint density at radius 1 is 1.45 bits per heavy atom. The lowest BCUT2D eigenvalue weighted by Gasteiger charge is -2.21. The molecule has 0 aliphatic carbocycles. The second-order valence-corrected chi connectivity index (χ2v) is 5.02. The molecule has 0 spiro atoms. The Morgan fingerprint density at radius 3 is 2.60 bits per heavy atom. The smallest absolute Gasteiger partial charge is 0.271 e. The van der Waals surface area contributed by atoms with Gasteiger partial charge in [-0.1, -0.05) is 27.5 Å². The molecule has 1 aromatic rings. The van der Waals surface area contributed by atoms with Crippen LogP contribution in [0.15, 0.2) is 18.2 Å². The van der Waals surface area contributed by atoms with Crippen LogP contribution in [0.4, 0.5) is 14.5 Å². The number of benzene rings is 1. The molecule has 110 valence electrons. The summed E-state index contributed by atoms with van der Waals surface area (Å²) < 4.78 is 24.9. The molecule has 0 aliphatic heterocycles. The van der Waals surface area contributed by atoms with Gasteiger partial charge in [-0.25, -0.2) is 8.78 Å². The van der Waals surface area contributed by atoms with Gasteiger partial charge in [0.25, 0.3) is 18.0 Å². The van der Waals surface area contributed by atoms with Crippen LogP contribution in [-0.2, 0) is 0 Å². The lowest BCUT2D eigenvalue weighted by Crippen LogP contribution is -2.36. The molecule has 0 aliphatic rings. The number of rotatable bonds is 6. The maximum atomic E-state index is 12.4. The van der Waals surface area contributed by atoms with E-state index in [0.717, 1.165) is 17.0 Å². The Morgan fingerprint density at radius 2 is 2.10 bits per heavy atom. The Hall–Kier alpha value is -1.28. The SMILES string of the molecule is O=C(c1cc(Cl)cc([N+](=O)[O-])c1)N(CCBr)CC(F)F. The number of carbonyl (C=O) groups is 1. The number of halogens is 4. The zero-order chi connectivity index (χ0) is 15.3. The van der Waals surface area contributed by atoms with Crippen LogP contribution >= 0.6 is 27.5 Å². The van der Waals surface area contributed by atoms with E-state index in [1.165, 1.54) is 6.07 Å². The maximum absolute atomic E-state index is 12.4. The lowest BCUT2D eigenvalue weighted by molar-refractivity contribution is -0.384. The van der Waals surface area contributed by atoms with Gasteiger partial charge in [0.15, 0.2) is 0 Å². The summed E-state index contributed by atoms with van der Waals surface area (Å²) in [5.41, 5.74) is -0.456. The van der Waals surface area contributed by atoms with Crippen molar-refractivity contribution in [3.05, 3.63) is 38.9 Å². The minimum absolute atomic E-state index is 0.00149. The Kier molecular flexibility index (Phi) is 6.28. The van der Waals surface area contributed by atoms with Crippen LogP contribution in [-0.4, -0.2) is 40.6 Å². The van der Waals surface area contributed by atoms with Gasteiger partial charge in [0.05, 0.1) is 11.5 Å². The first-order valence-corrected chi connectivity index (χ1v) is 6.93. The highest BCUT2D eigenvalue weighted by atomic mass is 79.9. The summed E-state index contributed by atoms with van der Waals surface area (Å²) >= 11 is 8.75. The van der Waals surface area contributed by atoms with E-state index in [4.69, 9.17) is 11.6 Å². The van der Waals surface area contributed by atoms with E-state index in [9.17, 15) is 23.7 Å². The summed E-state index contributed by atoms with van der Waals surface area (Å²) in [4.78, 5) is 23.0. The number of hydrogen-bond donors (Lipinski definition) is 0. The normalized spacial score (nSPS) is 10.7. The summed E-state index contributed by atoms with van der Waals surface area (Å²) in [5, 5.41) is 11.0. The highest BCUT2D eigenvalue weighted by molar-refractivity contribution is 9.09. The molecule has 0 unspecified atom stereocenters. The predicted octanol–water partition coefficient (Wildman–Crippen LogP) is 3.35. The topological polar surface area (TPSA) is 63.4 Å². The van der Waals surface area contributed by atoms with Crippen molar-refractivity contribution in [2.45, 2.75) is 6.43 Å². The molecule has 0 atom stereocenters. The van der Waals surface area contributed by atoms with Crippen molar-refractivity contribution in [3.63, 3.8) is 0 Å². The first-order chi connectivity index (χ1) is 9.35. The molecule has 5 nitrogen and oxygen atoms in total. The van der Waals surface area contributed by atoms with E-state index in [1.54, 1.807) is 0 Å². The van der Waals surface area contributed by atoms with Crippen molar-refractivity contribution in [1.29, 1.82) is 0 Å². The third-order valence-corrected chi connectivity index (χ3v) is 2.91. The molecule has 0 aromatic heterocycles. The van der Waals surface area contributed by atoms with E-state index >= 15 is 0 Å². The average molecular weight is 372 g/mol. The Bertz CT molecular complexity index is 516. The zero-order valence-electron chi connectivity index (χ0n) is 10.1. The number of nitro benzene ring substituents is 1. The molecular weight excluding hydrogens is 361 g/mol. The van der Waals surface area contributed by atoms with Gasteiger partial charge in [-0.15, -0.1) is 0 Å². The maximum Gasteiger partial charge on any atom is 0.271 e. The minimum Gasteiger partial charge on any atom is -0.332 e. The number of alkyl halides is 3. The van der Waals surface area contributed by atoms with E-state index in [0.29, 0.717) is 5.33 Å². The second-order valence-electron chi connectivity index (χ2n) is 3.79. The summed E-state index contributed by atoms with van der Waals surface area (Å²) in [6, 6.07) is 3.31. The lowest BCUT2D eigenvalue weighted by atomic mass is 10.1. The van der Waals surface area contributed by atoms with Gasteiger partial charge >= 0.3 is 0 Å². The number of carbonyl (C=O) groups excluding carboxylic acids is 1. The zero-order valence-corrected chi connectivity index (χ0v) is 12.4. The van der Waals surface area contributed by atoms with Gasteiger partial charge in [0.2, 0.25) is 0 Å². The van der Waals surface area contributed by atoms with Crippen molar-refractivity contribution in [2.24, 2.45) is 0 Å². The van der Waals surface area contributed by atoms with Crippen LogP contribution < -0.4 is 0 Å². The van der Waals surface area contributed by atoms with Crippen molar-refractivity contribution < 1.29 is 18.5 Å². The number of nitro groups is 1. The monoisotopic (exact) mass is 370 g/mol. The van der Waals surface area contributed by atoms with E-state index in [1.807, 2.05) is 0 Å². The molecule has 0 N–H and O–H groups in total. The molecule has 9 heteroatoms. The second kappa shape index (κ2) is 7.49. The Labute approximate surface area is 126 Å². The van der Waals surface area contributed by atoms with E-state index in [-0.39, 0.29) is 22.8 Å². The van der Waals surface area contributed by atoms with Crippen LogP contribution in [0.3, 0.4) is 0 Å². The standard InChI is InChI=1S/C11H10BrClF2N2O3/c12-1-2-16(6-10(14)15)11(18)7-3-8(13)5-9(4-7)17(19)20/h3-5,10H,1-2,6H2. The number of hydrogen-bond acceptors (Lipinski definition) is 3. The van der Waals surface area contributed by atoms with Crippen molar-refractivity contribution >= 4 is 39.1 Å². The third-order valence-electron chi connectivity index (χ3n) is 2.34. The molecule has 0 saturated carbocycles. The first kappa shape index (κ1) is 16.8. The third kappa shape index (κ3) is 4.68. The van der Waals surface area contributed by atoms with Gasteiger partial charge in [-0.2, -0.15) is 0 Å². The molecule has 20 heavy (non-hydrogen) atoms. The number of nitrogens with zero attached hydrogens (tertiary/aromatic N) is 2. The first-order valence-electron chi connectivity index (χ1n) is 5.43. The molecule has 0 saturated heterocycles. The number of amides is 1. The molecule has 0 radical (unpaired) electrons. The van der Waals surface area contributed by atoms with E-state index < -0.39 is 23.8 Å². The van der Waals surface area contributed by atoms with Gasteiger partial charge in [-0.05, 0) is 6.07 Å². The molecule has 1 amide bonds. The predicted molar refractivity (Wildman–Crippen MR) is 73.8 cm³/mol. The van der Waals surface area contributed by atoms with Gasteiger partial charge in [0, 0.05) is 34.6 Å². The molecule has 0 bridgehead atoms. The largest absolute Gasteiger partial charge is 0.332 e. The molecule has 0 heterocycles. The van der Waals surface area contributed by atoms with Crippen LogP contribution in [0.25, 0.3) is 0 Å².